The summed E-state index contributed by atoms with van der Waals surface area (Å²) in [5.41, 5.74) is 6.29. The fourth-order valence-corrected chi connectivity index (χ4v) is 1.88. The summed E-state index contributed by atoms with van der Waals surface area (Å²) < 4.78 is 13.8. The van der Waals surface area contributed by atoms with Gasteiger partial charge in [-0.15, -0.1) is 0 Å². The first-order chi connectivity index (χ1) is 8.97. The van der Waals surface area contributed by atoms with Crippen LogP contribution in [0, 0.1) is 5.82 Å². The van der Waals surface area contributed by atoms with Gasteiger partial charge in [0.2, 0.25) is 0 Å². The molecule has 3 N–H and O–H groups in total. The molecule has 1 aromatic rings. The molecule has 0 aliphatic carbocycles. The molecular formula is C13H21FN4O. The Balaban J connectivity index is 2.90. The highest BCUT2D eigenvalue weighted by Gasteiger charge is 2.15. The molecule has 5 nitrogen and oxygen atoms in total. The number of oxime groups is 1. The third-order valence-electron chi connectivity index (χ3n) is 2.87. The maximum absolute atomic E-state index is 13.8. The Bertz CT molecular complexity index is 448. The summed E-state index contributed by atoms with van der Waals surface area (Å²) in [6, 6.07) is 4.66. The van der Waals surface area contributed by atoms with Crippen molar-refractivity contribution in [3.05, 3.63) is 29.6 Å². The van der Waals surface area contributed by atoms with E-state index in [4.69, 9.17) is 10.9 Å². The zero-order valence-electron chi connectivity index (χ0n) is 11.6. The van der Waals surface area contributed by atoms with Crippen LogP contribution in [-0.4, -0.2) is 50.2 Å². The number of hydrogen-bond acceptors (Lipinski definition) is 4. The van der Waals surface area contributed by atoms with E-state index in [1.165, 1.54) is 6.07 Å². The molecule has 0 atom stereocenters. The van der Waals surface area contributed by atoms with Crippen LogP contribution in [0.3, 0.4) is 0 Å². The molecule has 106 valence electrons. The van der Waals surface area contributed by atoms with Gasteiger partial charge in [-0.3, -0.25) is 0 Å². The van der Waals surface area contributed by atoms with E-state index in [9.17, 15) is 4.39 Å². The van der Waals surface area contributed by atoms with Gasteiger partial charge in [0.05, 0.1) is 11.3 Å². The molecule has 0 heterocycles. The van der Waals surface area contributed by atoms with Crippen molar-refractivity contribution < 1.29 is 9.60 Å². The van der Waals surface area contributed by atoms with E-state index in [1.807, 2.05) is 26.0 Å². The number of halogens is 1. The van der Waals surface area contributed by atoms with Crippen molar-refractivity contribution in [1.29, 1.82) is 0 Å². The maximum Gasteiger partial charge on any atom is 0.175 e. The van der Waals surface area contributed by atoms with Crippen LogP contribution in [0.4, 0.5) is 10.1 Å². The van der Waals surface area contributed by atoms with Crippen molar-refractivity contribution in [3.8, 4) is 0 Å². The van der Waals surface area contributed by atoms with Gasteiger partial charge in [0.15, 0.2) is 5.84 Å². The van der Waals surface area contributed by atoms with Gasteiger partial charge in [-0.1, -0.05) is 11.2 Å². The first-order valence-electron chi connectivity index (χ1n) is 6.09. The normalized spacial score (nSPS) is 11.9. The largest absolute Gasteiger partial charge is 0.409 e. The molecule has 1 rings (SSSR count). The van der Waals surface area contributed by atoms with Gasteiger partial charge in [-0.2, -0.15) is 0 Å². The predicted molar refractivity (Wildman–Crippen MR) is 75.4 cm³/mol. The Kier molecular flexibility index (Phi) is 5.57. The molecule has 0 bridgehead atoms. The first-order valence-corrected chi connectivity index (χ1v) is 6.09. The number of rotatable bonds is 6. The van der Waals surface area contributed by atoms with Crippen molar-refractivity contribution >= 4 is 11.5 Å². The lowest BCUT2D eigenvalue weighted by atomic mass is 10.1. The molecule has 0 aliphatic heterocycles. The van der Waals surface area contributed by atoms with E-state index < -0.39 is 5.82 Å². The molecule has 0 saturated heterocycles. The molecule has 0 spiro atoms. The van der Waals surface area contributed by atoms with Crippen LogP contribution in [0.1, 0.15) is 12.0 Å². The molecule has 0 radical (unpaired) electrons. The van der Waals surface area contributed by atoms with E-state index in [1.54, 1.807) is 12.1 Å². The molecule has 0 aromatic heterocycles. The van der Waals surface area contributed by atoms with E-state index in [0.717, 1.165) is 19.5 Å². The van der Waals surface area contributed by atoms with Crippen LogP contribution in [0.25, 0.3) is 0 Å². The Morgan fingerprint density at radius 1 is 1.32 bits per heavy atom. The molecule has 6 heteroatoms. The van der Waals surface area contributed by atoms with Gasteiger partial charge < -0.3 is 20.7 Å². The number of benzene rings is 1. The van der Waals surface area contributed by atoms with Crippen LogP contribution in [0.5, 0.6) is 0 Å². The minimum absolute atomic E-state index is 0.136. The average Bonchev–Trinajstić information content (AvgIpc) is 2.37. The Labute approximate surface area is 113 Å². The van der Waals surface area contributed by atoms with Crippen molar-refractivity contribution in [3.63, 3.8) is 0 Å². The minimum Gasteiger partial charge on any atom is -0.409 e. The topological polar surface area (TPSA) is 65.1 Å². The molecule has 0 unspecified atom stereocenters. The van der Waals surface area contributed by atoms with Gasteiger partial charge in [-0.05, 0) is 39.2 Å². The van der Waals surface area contributed by atoms with Crippen LogP contribution in [0.2, 0.25) is 0 Å². The van der Waals surface area contributed by atoms with E-state index in [0.29, 0.717) is 5.69 Å². The van der Waals surface area contributed by atoms with Gasteiger partial charge in [0, 0.05) is 13.6 Å². The zero-order valence-corrected chi connectivity index (χ0v) is 11.6. The third-order valence-corrected chi connectivity index (χ3v) is 2.87. The molecule has 0 fully saturated rings. The number of anilines is 1. The number of amidine groups is 1. The lowest BCUT2D eigenvalue weighted by Crippen LogP contribution is -2.27. The second kappa shape index (κ2) is 6.94. The summed E-state index contributed by atoms with van der Waals surface area (Å²) in [5, 5.41) is 11.6. The fraction of sp³-hybridized carbons (Fsp3) is 0.462. The lowest BCUT2D eigenvalue weighted by molar-refractivity contribution is 0.318. The smallest absolute Gasteiger partial charge is 0.175 e. The second-order valence-corrected chi connectivity index (χ2v) is 4.70. The lowest BCUT2D eigenvalue weighted by Gasteiger charge is -2.23. The average molecular weight is 268 g/mol. The van der Waals surface area contributed by atoms with E-state index in [-0.39, 0.29) is 11.4 Å². The number of nitrogens with zero attached hydrogens (tertiary/aromatic N) is 3. The summed E-state index contributed by atoms with van der Waals surface area (Å²) >= 11 is 0. The molecule has 0 saturated carbocycles. The van der Waals surface area contributed by atoms with Crippen molar-refractivity contribution in [2.75, 3.05) is 39.1 Å². The van der Waals surface area contributed by atoms with Gasteiger partial charge in [0.1, 0.15) is 5.82 Å². The highest BCUT2D eigenvalue weighted by molar-refractivity contribution is 6.02. The Hall–Kier alpha value is -1.82. The number of nitrogens with two attached hydrogens (primary N) is 1. The van der Waals surface area contributed by atoms with Crippen molar-refractivity contribution in [1.82, 2.24) is 4.90 Å². The van der Waals surface area contributed by atoms with Crippen LogP contribution in [-0.2, 0) is 0 Å². The van der Waals surface area contributed by atoms with Gasteiger partial charge >= 0.3 is 0 Å². The van der Waals surface area contributed by atoms with Gasteiger partial charge in [0.25, 0.3) is 0 Å². The monoisotopic (exact) mass is 268 g/mol. The van der Waals surface area contributed by atoms with Crippen molar-refractivity contribution in [2.24, 2.45) is 10.9 Å². The zero-order chi connectivity index (χ0) is 14.4. The summed E-state index contributed by atoms with van der Waals surface area (Å²) in [5.74, 6) is -0.709. The summed E-state index contributed by atoms with van der Waals surface area (Å²) in [7, 11) is 5.87. The fourth-order valence-electron chi connectivity index (χ4n) is 1.88. The molecular weight excluding hydrogens is 247 g/mol. The van der Waals surface area contributed by atoms with Crippen LogP contribution < -0.4 is 10.6 Å². The van der Waals surface area contributed by atoms with Crippen LogP contribution >= 0.6 is 0 Å². The van der Waals surface area contributed by atoms with E-state index >= 15 is 0 Å². The highest BCUT2D eigenvalue weighted by atomic mass is 19.1. The number of hydrogen-bond donors (Lipinski definition) is 2. The molecule has 0 aliphatic rings. The Morgan fingerprint density at radius 2 is 2.00 bits per heavy atom. The summed E-state index contributed by atoms with van der Waals surface area (Å²) in [6.45, 7) is 1.70. The maximum atomic E-state index is 13.8. The van der Waals surface area contributed by atoms with Gasteiger partial charge in [-0.25, -0.2) is 4.39 Å². The second-order valence-electron chi connectivity index (χ2n) is 4.70. The quantitative estimate of drug-likeness (QED) is 0.353. The van der Waals surface area contributed by atoms with Crippen molar-refractivity contribution in [2.45, 2.75) is 6.42 Å². The molecule has 0 amide bonds. The standard InChI is InChI=1S/C13H21FN4O/c1-17(2)8-5-9-18(3)11-7-4-6-10(14)12(11)13(15)16-19/h4,6-7,19H,5,8-9H2,1-3H3,(H2,15,16). The third kappa shape index (κ3) is 4.10. The first kappa shape index (κ1) is 15.2. The summed E-state index contributed by atoms with van der Waals surface area (Å²) in [4.78, 5) is 3.99. The summed E-state index contributed by atoms with van der Waals surface area (Å²) in [6.07, 6.45) is 0.940. The predicted octanol–water partition coefficient (Wildman–Crippen LogP) is 1.31. The van der Waals surface area contributed by atoms with Crippen LogP contribution in [0.15, 0.2) is 23.4 Å². The van der Waals surface area contributed by atoms with E-state index in [2.05, 4.69) is 10.1 Å². The SMILES string of the molecule is CN(C)CCCN(C)c1cccc(F)c1C(N)=NO. The Morgan fingerprint density at radius 3 is 2.58 bits per heavy atom. The molecule has 19 heavy (non-hydrogen) atoms. The minimum atomic E-state index is -0.493. The highest BCUT2D eigenvalue weighted by Crippen LogP contribution is 2.22. The molecule has 1 aromatic carbocycles.